The smallest absolute Gasteiger partial charge is 0.338 e. The predicted molar refractivity (Wildman–Crippen MR) is 83.3 cm³/mol. The molecule has 24 heavy (non-hydrogen) atoms. The van der Waals surface area contributed by atoms with Crippen LogP contribution in [0.5, 0.6) is 0 Å². The van der Waals surface area contributed by atoms with E-state index in [-0.39, 0.29) is 18.2 Å². The summed E-state index contributed by atoms with van der Waals surface area (Å²) in [5.41, 5.74) is 0.919. The molecule has 0 saturated heterocycles. The van der Waals surface area contributed by atoms with Gasteiger partial charge in [-0.15, -0.1) is 0 Å². The highest BCUT2D eigenvalue weighted by Crippen LogP contribution is 2.24. The van der Waals surface area contributed by atoms with Crippen molar-refractivity contribution in [1.29, 1.82) is 0 Å². The van der Waals surface area contributed by atoms with Crippen molar-refractivity contribution >= 4 is 29.4 Å². The molecule has 124 valence electrons. The summed E-state index contributed by atoms with van der Waals surface area (Å²) in [4.78, 5) is 39.4. The number of nitrogens with zero attached hydrogens (tertiary/aromatic N) is 3. The molecule has 2 amide bonds. The van der Waals surface area contributed by atoms with Gasteiger partial charge in [-0.25, -0.2) is 9.48 Å². The SMILES string of the molecule is CCOC(=O)c1ccc(NC(=O)CC2C(=O)Nc3ncnn32)cc1. The van der Waals surface area contributed by atoms with Gasteiger partial charge in [0.2, 0.25) is 11.9 Å². The zero-order chi connectivity index (χ0) is 17.1. The standard InChI is InChI=1S/C15H15N5O4/c1-2-24-14(23)9-3-5-10(6-4-9)18-12(21)7-11-13(22)19-15-16-8-17-20(11)15/h3-6,8,11H,2,7H2,1H3,(H,18,21)(H,16,17,19,22). The minimum absolute atomic E-state index is 0.0676. The van der Waals surface area contributed by atoms with Crippen LogP contribution in [0.25, 0.3) is 0 Å². The maximum Gasteiger partial charge on any atom is 0.338 e. The lowest BCUT2D eigenvalue weighted by molar-refractivity contribution is -0.123. The van der Waals surface area contributed by atoms with Crippen molar-refractivity contribution in [1.82, 2.24) is 14.8 Å². The third kappa shape index (κ3) is 3.09. The number of carbonyl (C=O) groups is 3. The number of nitrogens with one attached hydrogen (secondary N) is 2. The van der Waals surface area contributed by atoms with Gasteiger partial charge in [-0.05, 0) is 31.2 Å². The van der Waals surface area contributed by atoms with Gasteiger partial charge in [0.1, 0.15) is 12.4 Å². The van der Waals surface area contributed by atoms with Crippen LogP contribution in [0.15, 0.2) is 30.6 Å². The van der Waals surface area contributed by atoms with E-state index in [1.165, 1.54) is 11.0 Å². The summed E-state index contributed by atoms with van der Waals surface area (Å²) in [6.07, 6.45) is 1.25. The van der Waals surface area contributed by atoms with Crippen LogP contribution in [0.4, 0.5) is 11.6 Å². The van der Waals surface area contributed by atoms with Crippen LogP contribution in [0.3, 0.4) is 0 Å². The first-order valence-electron chi connectivity index (χ1n) is 7.36. The topological polar surface area (TPSA) is 115 Å². The van der Waals surface area contributed by atoms with Crippen molar-refractivity contribution in [2.24, 2.45) is 0 Å². The molecular weight excluding hydrogens is 314 g/mol. The second-order valence-electron chi connectivity index (χ2n) is 5.08. The van der Waals surface area contributed by atoms with Crippen molar-refractivity contribution in [2.45, 2.75) is 19.4 Å². The number of fused-ring (bicyclic) bond motifs is 1. The molecule has 9 heteroatoms. The third-order valence-corrected chi connectivity index (χ3v) is 3.46. The van der Waals surface area contributed by atoms with Gasteiger partial charge < -0.3 is 10.1 Å². The molecule has 0 radical (unpaired) electrons. The van der Waals surface area contributed by atoms with Gasteiger partial charge in [0.25, 0.3) is 5.91 Å². The Morgan fingerprint density at radius 1 is 1.33 bits per heavy atom. The van der Waals surface area contributed by atoms with E-state index in [9.17, 15) is 14.4 Å². The Hall–Kier alpha value is -3.23. The molecule has 0 spiro atoms. The van der Waals surface area contributed by atoms with Crippen molar-refractivity contribution in [3.05, 3.63) is 36.2 Å². The van der Waals surface area contributed by atoms with Gasteiger partial charge in [-0.3, -0.25) is 14.9 Å². The van der Waals surface area contributed by atoms with Crippen LogP contribution < -0.4 is 10.6 Å². The van der Waals surface area contributed by atoms with E-state index < -0.39 is 12.0 Å². The number of ether oxygens (including phenoxy) is 1. The molecule has 0 bridgehead atoms. The lowest BCUT2D eigenvalue weighted by Gasteiger charge is -2.10. The Kier molecular flexibility index (Phi) is 4.23. The molecule has 1 unspecified atom stereocenters. The number of anilines is 2. The second kappa shape index (κ2) is 6.49. The molecule has 0 aliphatic carbocycles. The number of rotatable bonds is 5. The minimum atomic E-state index is -0.721. The van der Waals surface area contributed by atoms with Gasteiger partial charge in [0.05, 0.1) is 18.6 Å². The molecule has 1 atom stereocenters. The van der Waals surface area contributed by atoms with Crippen molar-refractivity contribution < 1.29 is 19.1 Å². The maximum absolute atomic E-state index is 12.1. The number of carbonyl (C=O) groups excluding carboxylic acids is 3. The highest BCUT2D eigenvalue weighted by Gasteiger charge is 2.33. The Balaban J connectivity index is 1.61. The Morgan fingerprint density at radius 3 is 2.79 bits per heavy atom. The molecule has 1 aromatic carbocycles. The fourth-order valence-corrected chi connectivity index (χ4v) is 2.34. The number of hydrogen-bond donors (Lipinski definition) is 2. The van der Waals surface area contributed by atoms with Gasteiger partial charge >= 0.3 is 5.97 Å². The monoisotopic (exact) mass is 329 g/mol. The minimum Gasteiger partial charge on any atom is -0.462 e. The van der Waals surface area contributed by atoms with E-state index in [1.807, 2.05) is 0 Å². The zero-order valence-electron chi connectivity index (χ0n) is 12.9. The van der Waals surface area contributed by atoms with Crippen molar-refractivity contribution in [3.63, 3.8) is 0 Å². The third-order valence-electron chi connectivity index (χ3n) is 3.46. The largest absolute Gasteiger partial charge is 0.462 e. The molecule has 9 nitrogen and oxygen atoms in total. The summed E-state index contributed by atoms with van der Waals surface area (Å²) >= 11 is 0. The zero-order valence-corrected chi connectivity index (χ0v) is 12.9. The number of hydrogen-bond acceptors (Lipinski definition) is 6. The summed E-state index contributed by atoms with van der Waals surface area (Å²) in [5, 5.41) is 9.15. The molecule has 1 aromatic heterocycles. The first-order chi connectivity index (χ1) is 11.6. The molecule has 2 aromatic rings. The fourth-order valence-electron chi connectivity index (χ4n) is 2.34. The molecular formula is C15H15N5O4. The lowest BCUT2D eigenvalue weighted by atomic mass is 10.2. The van der Waals surface area contributed by atoms with Gasteiger partial charge in [-0.1, -0.05) is 0 Å². The quantitative estimate of drug-likeness (QED) is 0.790. The average molecular weight is 329 g/mol. The maximum atomic E-state index is 12.1. The summed E-state index contributed by atoms with van der Waals surface area (Å²) in [6.45, 7) is 2.03. The second-order valence-corrected chi connectivity index (χ2v) is 5.08. The van der Waals surface area contributed by atoms with Gasteiger partial charge in [0.15, 0.2) is 0 Å². The summed E-state index contributed by atoms with van der Waals surface area (Å²) in [7, 11) is 0. The molecule has 1 aliphatic heterocycles. The Morgan fingerprint density at radius 2 is 2.08 bits per heavy atom. The number of benzene rings is 1. The molecule has 2 N–H and O–H groups in total. The van der Waals surface area contributed by atoms with Gasteiger partial charge in [0, 0.05) is 5.69 Å². The van der Waals surface area contributed by atoms with E-state index in [0.717, 1.165) is 0 Å². The van der Waals surface area contributed by atoms with Gasteiger partial charge in [-0.2, -0.15) is 10.1 Å². The number of aromatic nitrogens is 3. The number of amides is 2. The van der Waals surface area contributed by atoms with Crippen LogP contribution >= 0.6 is 0 Å². The van der Waals surface area contributed by atoms with Crippen LogP contribution in [-0.2, 0) is 14.3 Å². The Bertz CT molecular complexity index is 783. The molecule has 2 heterocycles. The highest BCUT2D eigenvalue weighted by molar-refractivity contribution is 6.01. The van der Waals surface area contributed by atoms with Crippen LogP contribution in [0, 0.1) is 0 Å². The van der Waals surface area contributed by atoms with E-state index in [2.05, 4.69) is 20.7 Å². The first-order valence-corrected chi connectivity index (χ1v) is 7.36. The summed E-state index contributed by atoms with van der Waals surface area (Å²) in [5.74, 6) is -0.755. The van der Waals surface area contributed by atoms with Crippen LogP contribution in [0.1, 0.15) is 29.7 Å². The van der Waals surface area contributed by atoms with Crippen LogP contribution in [-0.4, -0.2) is 39.2 Å². The number of esters is 1. The van der Waals surface area contributed by atoms with Crippen LogP contribution in [0.2, 0.25) is 0 Å². The summed E-state index contributed by atoms with van der Waals surface area (Å²) in [6, 6.07) is 5.59. The molecule has 0 saturated carbocycles. The normalized spacial score (nSPS) is 15.5. The average Bonchev–Trinajstić information content (AvgIpc) is 3.11. The van der Waals surface area contributed by atoms with E-state index in [0.29, 0.717) is 23.8 Å². The lowest BCUT2D eigenvalue weighted by Crippen LogP contribution is -2.23. The Labute approximate surface area is 137 Å². The van der Waals surface area contributed by atoms with E-state index in [1.54, 1.807) is 31.2 Å². The highest BCUT2D eigenvalue weighted by atomic mass is 16.5. The fraction of sp³-hybridized carbons (Fsp3) is 0.267. The predicted octanol–water partition coefficient (Wildman–Crippen LogP) is 0.977. The van der Waals surface area contributed by atoms with Crippen molar-refractivity contribution in [2.75, 3.05) is 17.2 Å². The first kappa shape index (κ1) is 15.7. The molecule has 1 aliphatic rings. The van der Waals surface area contributed by atoms with E-state index >= 15 is 0 Å². The van der Waals surface area contributed by atoms with Crippen molar-refractivity contribution in [3.8, 4) is 0 Å². The molecule has 3 rings (SSSR count). The molecule has 0 fully saturated rings. The van der Waals surface area contributed by atoms with E-state index in [4.69, 9.17) is 4.74 Å². The summed E-state index contributed by atoms with van der Waals surface area (Å²) < 4.78 is 6.27.